The average molecular weight is 255 g/mol. The fourth-order valence-electron chi connectivity index (χ4n) is 2.36. The minimum absolute atomic E-state index is 0.349. The van der Waals surface area contributed by atoms with Crippen molar-refractivity contribution in [1.29, 1.82) is 0 Å². The Morgan fingerprint density at radius 3 is 2.83 bits per heavy atom. The highest BCUT2D eigenvalue weighted by Gasteiger charge is 2.16. The minimum atomic E-state index is 0.349. The Balaban J connectivity index is 2.21. The molecule has 1 fully saturated rings. The van der Waals surface area contributed by atoms with Crippen LogP contribution in [-0.2, 0) is 0 Å². The predicted molar refractivity (Wildman–Crippen MR) is 77.4 cm³/mol. The van der Waals surface area contributed by atoms with Crippen molar-refractivity contribution in [1.82, 2.24) is 15.6 Å². The Kier molecular flexibility index (Phi) is 7.05. The highest BCUT2D eigenvalue weighted by Crippen LogP contribution is 2.16. The van der Waals surface area contributed by atoms with Crippen molar-refractivity contribution in [3.63, 3.8) is 0 Å². The molecule has 5 heteroatoms. The zero-order valence-electron chi connectivity index (χ0n) is 12.1. The van der Waals surface area contributed by atoms with E-state index in [0.717, 1.165) is 25.6 Å². The van der Waals surface area contributed by atoms with Gasteiger partial charge in [0.15, 0.2) is 0 Å². The molecule has 106 valence electrons. The number of aliphatic imine (C=N–C) groups is 1. The monoisotopic (exact) mass is 255 g/mol. The Bertz CT molecular complexity index is 252. The van der Waals surface area contributed by atoms with Gasteiger partial charge in [0.25, 0.3) is 0 Å². The van der Waals surface area contributed by atoms with Crippen LogP contribution in [0.1, 0.15) is 46.5 Å². The molecule has 1 heterocycles. The van der Waals surface area contributed by atoms with Crippen molar-refractivity contribution in [2.24, 2.45) is 10.8 Å². The summed E-state index contributed by atoms with van der Waals surface area (Å²) < 4.78 is 0. The Morgan fingerprint density at radius 2 is 2.22 bits per heavy atom. The molecule has 1 aliphatic heterocycles. The molecule has 0 bridgehead atoms. The van der Waals surface area contributed by atoms with Gasteiger partial charge in [0, 0.05) is 25.2 Å². The summed E-state index contributed by atoms with van der Waals surface area (Å²) in [6, 6.07) is 1.09. The van der Waals surface area contributed by atoms with Crippen molar-refractivity contribution < 1.29 is 0 Å². The maximum absolute atomic E-state index is 5.41. The first-order valence-electron chi connectivity index (χ1n) is 7.15. The molecule has 0 aliphatic carbocycles. The summed E-state index contributed by atoms with van der Waals surface area (Å²) in [4.78, 5) is 7.01. The van der Waals surface area contributed by atoms with Crippen LogP contribution in [-0.4, -0.2) is 42.6 Å². The first kappa shape index (κ1) is 15.2. The Morgan fingerprint density at radius 1 is 1.44 bits per heavy atom. The van der Waals surface area contributed by atoms with E-state index in [-0.39, 0.29) is 0 Å². The van der Waals surface area contributed by atoms with Crippen LogP contribution >= 0.6 is 0 Å². The van der Waals surface area contributed by atoms with Crippen LogP contribution in [0, 0.1) is 0 Å². The maximum Gasteiger partial charge on any atom is 0.205 e. The summed E-state index contributed by atoms with van der Waals surface area (Å²) in [5.74, 6) is 6.11. The van der Waals surface area contributed by atoms with Crippen LogP contribution in [0.3, 0.4) is 0 Å². The van der Waals surface area contributed by atoms with Gasteiger partial charge in [0.1, 0.15) is 0 Å². The quantitative estimate of drug-likeness (QED) is 0.226. The second-order valence-electron chi connectivity index (χ2n) is 5.41. The minimum Gasteiger partial charge on any atom is -0.353 e. The number of hydrazine groups is 1. The lowest BCUT2D eigenvalue weighted by molar-refractivity contribution is 0.160. The summed E-state index contributed by atoms with van der Waals surface area (Å²) in [6.45, 7) is 9.68. The van der Waals surface area contributed by atoms with E-state index in [2.05, 4.69) is 41.4 Å². The number of guanidine groups is 1. The largest absolute Gasteiger partial charge is 0.353 e. The third-order valence-corrected chi connectivity index (χ3v) is 3.38. The number of nitrogens with one attached hydrogen (secondary N) is 2. The third kappa shape index (κ3) is 5.69. The van der Waals surface area contributed by atoms with Crippen molar-refractivity contribution in [2.75, 3.05) is 19.6 Å². The van der Waals surface area contributed by atoms with Crippen molar-refractivity contribution >= 4 is 5.96 Å². The van der Waals surface area contributed by atoms with E-state index < -0.39 is 0 Å². The van der Waals surface area contributed by atoms with Crippen LogP contribution in [0.25, 0.3) is 0 Å². The van der Waals surface area contributed by atoms with E-state index in [4.69, 9.17) is 5.84 Å². The van der Waals surface area contributed by atoms with Crippen LogP contribution < -0.4 is 16.6 Å². The van der Waals surface area contributed by atoms with Gasteiger partial charge in [0.05, 0.1) is 0 Å². The van der Waals surface area contributed by atoms with Gasteiger partial charge in [-0.05, 0) is 46.6 Å². The molecule has 0 saturated carbocycles. The normalized spacial score (nSPS) is 22.3. The molecule has 0 radical (unpaired) electrons. The lowest BCUT2D eigenvalue weighted by atomic mass is 10.0. The Hall–Kier alpha value is -0.810. The molecule has 0 spiro atoms. The molecule has 0 amide bonds. The average Bonchev–Trinajstić information content (AvgIpc) is 2.34. The van der Waals surface area contributed by atoms with Crippen molar-refractivity contribution in [2.45, 2.75) is 58.5 Å². The lowest BCUT2D eigenvalue weighted by Crippen LogP contribution is -2.44. The molecule has 4 N–H and O–H groups in total. The number of rotatable bonds is 5. The fourth-order valence-corrected chi connectivity index (χ4v) is 2.36. The summed E-state index contributed by atoms with van der Waals surface area (Å²) in [6.07, 6.45) is 5.16. The van der Waals surface area contributed by atoms with Crippen molar-refractivity contribution in [3.8, 4) is 0 Å². The predicted octanol–water partition coefficient (Wildman–Crippen LogP) is 1.07. The summed E-state index contributed by atoms with van der Waals surface area (Å²) in [5.41, 5.74) is 2.61. The number of hydrogen-bond acceptors (Lipinski definition) is 3. The van der Waals surface area contributed by atoms with Gasteiger partial charge in [-0.15, -0.1) is 0 Å². The van der Waals surface area contributed by atoms with Crippen LogP contribution in [0.5, 0.6) is 0 Å². The first-order chi connectivity index (χ1) is 8.63. The molecule has 5 nitrogen and oxygen atoms in total. The van der Waals surface area contributed by atoms with Crippen molar-refractivity contribution in [3.05, 3.63) is 0 Å². The number of nitrogens with zero attached hydrogens (tertiary/aromatic N) is 2. The van der Waals surface area contributed by atoms with E-state index in [1.54, 1.807) is 0 Å². The number of hydrogen-bond donors (Lipinski definition) is 3. The second-order valence-corrected chi connectivity index (χ2v) is 5.41. The third-order valence-electron chi connectivity index (χ3n) is 3.38. The molecule has 1 unspecified atom stereocenters. The molecule has 1 aliphatic rings. The molecule has 18 heavy (non-hydrogen) atoms. The van der Waals surface area contributed by atoms with Gasteiger partial charge in [-0.2, -0.15) is 0 Å². The fraction of sp³-hybridized carbons (Fsp3) is 0.923. The topological polar surface area (TPSA) is 65.7 Å². The van der Waals surface area contributed by atoms with E-state index >= 15 is 0 Å². The van der Waals surface area contributed by atoms with Gasteiger partial charge >= 0.3 is 0 Å². The molecule has 0 aromatic carbocycles. The highest BCUT2D eigenvalue weighted by atomic mass is 15.3. The van der Waals surface area contributed by atoms with E-state index in [1.165, 1.54) is 25.8 Å². The zero-order chi connectivity index (χ0) is 13.4. The van der Waals surface area contributed by atoms with Gasteiger partial charge < -0.3 is 10.2 Å². The standard InChI is InChI=1S/C13H29N5/c1-11(2)16-13(17-14)15-8-6-10-18-9-5-4-7-12(18)3/h11-12H,4-10,14H2,1-3H3,(H2,15,16,17). The summed E-state index contributed by atoms with van der Waals surface area (Å²) >= 11 is 0. The molecular formula is C13H29N5. The molecular weight excluding hydrogens is 226 g/mol. The number of nitrogens with two attached hydrogens (primary N) is 1. The highest BCUT2D eigenvalue weighted by molar-refractivity contribution is 5.79. The van der Waals surface area contributed by atoms with E-state index in [9.17, 15) is 0 Å². The second kappa shape index (κ2) is 8.32. The maximum atomic E-state index is 5.41. The molecule has 1 atom stereocenters. The van der Waals surface area contributed by atoms with Crippen LogP contribution in [0.4, 0.5) is 0 Å². The van der Waals surface area contributed by atoms with Gasteiger partial charge in [0.2, 0.25) is 5.96 Å². The number of piperidine rings is 1. The molecule has 0 aromatic rings. The van der Waals surface area contributed by atoms with Crippen LogP contribution in [0.2, 0.25) is 0 Å². The SMILES string of the molecule is CC(C)NC(=NCCCN1CCCCC1C)NN. The zero-order valence-corrected chi connectivity index (χ0v) is 12.1. The first-order valence-corrected chi connectivity index (χ1v) is 7.15. The van der Waals surface area contributed by atoms with E-state index in [0.29, 0.717) is 12.0 Å². The van der Waals surface area contributed by atoms with E-state index in [1.807, 2.05) is 0 Å². The molecule has 1 saturated heterocycles. The lowest BCUT2D eigenvalue weighted by Gasteiger charge is -2.33. The number of likely N-dealkylation sites (tertiary alicyclic amines) is 1. The molecule has 0 aromatic heterocycles. The summed E-state index contributed by atoms with van der Waals surface area (Å²) in [7, 11) is 0. The summed E-state index contributed by atoms with van der Waals surface area (Å²) in [5, 5.41) is 3.18. The molecule has 1 rings (SSSR count). The van der Waals surface area contributed by atoms with Gasteiger partial charge in [-0.1, -0.05) is 6.42 Å². The van der Waals surface area contributed by atoms with Crippen LogP contribution in [0.15, 0.2) is 4.99 Å². The smallest absolute Gasteiger partial charge is 0.205 e. The van der Waals surface area contributed by atoms with Gasteiger partial charge in [-0.25, -0.2) is 5.84 Å². The Labute approximate surface area is 111 Å². The van der Waals surface area contributed by atoms with Gasteiger partial charge in [-0.3, -0.25) is 10.4 Å².